The Morgan fingerprint density at radius 3 is 2.62 bits per heavy atom. The Morgan fingerprint density at radius 2 is 2.14 bits per heavy atom. The smallest absolute Gasteiger partial charge is 0.313 e. The second kappa shape index (κ2) is 6.43. The fourth-order valence-corrected chi connectivity index (χ4v) is 2.72. The number of hydrogen-bond acceptors (Lipinski definition) is 4. The molecule has 1 aliphatic carbocycles. The van der Waals surface area contributed by atoms with E-state index in [-0.39, 0.29) is 24.8 Å². The van der Waals surface area contributed by atoms with Gasteiger partial charge in [0.15, 0.2) is 0 Å². The molecule has 1 aromatic rings. The molecule has 4 nitrogen and oxygen atoms in total. The van der Waals surface area contributed by atoms with Gasteiger partial charge in [-0.2, -0.15) is 0 Å². The van der Waals surface area contributed by atoms with Crippen LogP contribution in [0.1, 0.15) is 24.8 Å². The van der Waals surface area contributed by atoms with Gasteiger partial charge < -0.3 is 15.2 Å². The Bertz CT molecular complexity index is 516. The summed E-state index contributed by atoms with van der Waals surface area (Å²) < 4.78 is 24.1. The molecule has 0 amide bonds. The molecular weight excluding hydrogens is 273 g/mol. The standard InChI is InChI=1S/C16H22FNO3/c1-20-13-6-5-12(14(17)7-13)9-16(10-18,15(19)21-2)8-11-3-4-11/h5-7,11H,3-4,8-10,18H2,1-2H3. The molecule has 1 aromatic carbocycles. The van der Waals surface area contributed by atoms with Crippen LogP contribution in [0.5, 0.6) is 5.75 Å². The molecule has 0 radical (unpaired) electrons. The third-order valence-corrected chi connectivity index (χ3v) is 4.17. The molecule has 21 heavy (non-hydrogen) atoms. The Morgan fingerprint density at radius 1 is 1.43 bits per heavy atom. The highest BCUT2D eigenvalue weighted by atomic mass is 19.1. The number of rotatable bonds is 7. The van der Waals surface area contributed by atoms with Gasteiger partial charge in [-0.15, -0.1) is 0 Å². The minimum Gasteiger partial charge on any atom is -0.497 e. The SMILES string of the molecule is COC(=O)C(CN)(Cc1ccc(OC)cc1F)CC1CC1. The summed E-state index contributed by atoms with van der Waals surface area (Å²) in [5.41, 5.74) is 5.49. The van der Waals surface area contributed by atoms with Gasteiger partial charge in [0.25, 0.3) is 0 Å². The summed E-state index contributed by atoms with van der Waals surface area (Å²) in [6, 6.07) is 4.66. The van der Waals surface area contributed by atoms with E-state index in [9.17, 15) is 9.18 Å². The third-order valence-electron chi connectivity index (χ3n) is 4.17. The summed E-state index contributed by atoms with van der Waals surface area (Å²) in [5.74, 6) is 0.211. The van der Waals surface area contributed by atoms with Gasteiger partial charge in [-0.05, 0) is 30.4 Å². The fourth-order valence-electron chi connectivity index (χ4n) is 2.72. The first-order chi connectivity index (χ1) is 10.0. The van der Waals surface area contributed by atoms with E-state index in [1.165, 1.54) is 20.3 Å². The highest BCUT2D eigenvalue weighted by molar-refractivity contribution is 5.77. The van der Waals surface area contributed by atoms with Gasteiger partial charge in [-0.25, -0.2) is 4.39 Å². The number of esters is 1. The topological polar surface area (TPSA) is 61.5 Å². The Hall–Kier alpha value is -1.62. The van der Waals surface area contributed by atoms with E-state index >= 15 is 0 Å². The zero-order valence-electron chi connectivity index (χ0n) is 12.5. The summed E-state index contributed by atoms with van der Waals surface area (Å²) in [4.78, 5) is 12.2. The lowest BCUT2D eigenvalue weighted by molar-refractivity contribution is -0.153. The molecule has 0 bridgehead atoms. The first-order valence-corrected chi connectivity index (χ1v) is 7.15. The lowest BCUT2D eigenvalue weighted by atomic mass is 9.77. The lowest BCUT2D eigenvalue weighted by Crippen LogP contribution is -2.42. The average Bonchev–Trinajstić information content (AvgIpc) is 3.31. The molecule has 0 saturated heterocycles. The van der Waals surface area contributed by atoms with Crippen LogP contribution in [0, 0.1) is 17.2 Å². The predicted octanol–water partition coefficient (Wildman–Crippen LogP) is 2.29. The van der Waals surface area contributed by atoms with Crippen molar-refractivity contribution in [1.82, 2.24) is 0 Å². The number of hydrogen-bond donors (Lipinski definition) is 1. The van der Waals surface area contributed by atoms with Crippen molar-refractivity contribution >= 4 is 5.97 Å². The van der Waals surface area contributed by atoms with Crippen LogP contribution in [0.4, 0.5) is 4.39 Å². The maximum Gasteiger partial charge on any atom is 0.313 e. The number of methoxy groups -OCH3 is 2. The molecule has 2 N–H and O–H groups in total. The van der Waals surface area contributed by atoms with E-state index in [1.807, 2.05) is 0 Å². The van der Waals surface area contributed by atoms with Gasteiger partial charge in [0.1, 0.15) is 11.6 Å². The maximum absolute atomic E-state index is 14.2. The van der Waals surface area contributed by atoms with Crippen LogP contribution in [0.2, 0.25) is 0 Å². The number of halogens is 1. The summed E-state index contributed by atoms with van der Waals surface area (Å²) in [5, 5.41) is 0. The quantitative estimate of drug-likeness (QED) is 0.784. The Kier molecular flexibility index (Phi) is 4.83. The molecule has 1 unspecified atom stereocenters. The van der Waals surface area contributed by atoms with Gasteiger partial charge in [-0.1, -0.05) is 18.9 Å². The van der Waals surface area contributed by atoms with Gasteiger partial charge in [0.05, 0.1) is 19.6 Å². The van der Waals surface area contributed by atoms with Crippen molar-refractivity contribution in [3.05, 3.63) is 29.6 Å². The number of carbonyl (C=O) groups is 1. The molecule has 0 spiro atoms. The van der Waals surface area contributed by atoms with Gasteiger partial charge >= 0.3 is 5.97 Å². The van der Waals surface area contributed by atoms with Crippen molar-refractivity contribution < 1.29 is 18.7 Å². The van der Waals surface area contributed by atoms with E-state index in [0.717, 1.165) is 12.8 Å². The number of ether oxygens (including phenoxy) is 2. The molecule has 1 fully saturated rings. The monoisotopic (exact) mass is 295 g/mol. The summed E-state index contributed by atoms with van der Waals surface area (Å²) >= 11 is 0. The molecule has 5 heteroatoms. The minimum atomic E-state index is -0.842. The van der Waals surface area contributed by atoms with Crippen LogP contribution in [-0.4, -0.2) is 26.7 Å². The van der Waals surface area contributed by atoms with Crippen LogP contribution in [0.15, 0.2) is 18.2 Å². The Balaban J connectivity index is 2.26. The lowest BCUT2D eigenvalue weighted by Gasteiger charge is -2.30. The van der Waals surface area contributed by atoms with Gasteiger partial charge in [-0.3, -0.25) is 4.79 Å². The van der Waals surface area contributed by atoms with E-state index in [1.54, 1.807) is 12.1 Å². The highest BCUT2D eigenvalue weighted by Gasteiger charge is 2.43. The minimum absolute atomic E-state index is 0.154. The molecule has 1 atom stereocenters. The number of carbonyl (C=O) groups excluding carboxylic acids is 1. The first-order valence-electron chi connectivity index (χ1n) is 7.15. The summed E-state index contributed by atoms with van der Waals surface area (Å²) in [7, 11) is 2.84. The molecule has 0 aliphatic heterocycles. The van der Waals surface area contributed by atoms with Crippen molar-refractivity contribution in [3.63, 3.8) is 0 Å². The molecular formula is C16H22FNO3. The Labute approximate surface area is 124 Å². The van der Waals surface area contributed by atoms with Crippen LogP contribution in [0.3, 0.4) is 0 Å². The highest BCUT2D eigenvalue weighted by Crippen LogP contribution is 2.42. The second-order valence-electron chi connectivity index (χ2n) is 5.76. The van der Waals surface area contributed by atoms with Crippen molar-refractivity contribution in [1.29, 1.82) is 0 Å². The van der Waals surface area contributed by atoms with Crippen molar-refractivity contribution in [3.8, 4) is 5.75 Å². The van der Waals surface area contributed by atoms with Crippen LogP contribution >= 0.6 is 0 Å². The molecule has 2 rings (SSSR count). The van der Waals surface area contributed by atoms with E-state index in [0.29, 0.717) is 23.7 Å². The molecule has 0 aromatic heterocycles. The van der Waals surface area contributed by atoms with Crippen LogP contribution < -0.4 is 10.5 Å². The van der Waals surface area contributed by atoms with E-state index in [2.05, 4.69) is 0 Å². The number of benzene rings is 1. The number of nitrogens with two attached hydrogens (primary N) is 1. The maximum atomic E-state index is 14.2. The molecule has 116 valence electrons. The summed E-state index contributed by atoms with van der Waals surface area (Å²) in [6.45, 7) is 0.154. The van der Waals surface area contributed by atoms with Crippen LogP contribution in [-0.2, 0) is 16.0 Å². The van der Waals surface area contributed by atoms with Crippen molar-refractivity contribution in [2.24, 2.45) is 17.1 Å². The third kappa shape index (κ3) is 3.53. The van der Waals surface area contributed by atoms with Gasteiger partial charge in [0, 0.05) is 12.6 Å². The molecule has 1 saturated carbocycles. The largest absolute Gasteiger partial charge is 0.497 e. The van der Waals surface area contributed by atoms with Crippen molar-refractivity contribution in [2.75, 3.05) is 20.8 Å². The molecule has 1 aliphatic rings. The molecule has 0 heterocycles. The summed E-state index contributed by atoms with van der Waals surface area (Å²) in [6.07, 6.45) is 3.11. The van der Waals surface area contributed by atoms with E-state index in [4.69, 9.17) is 15.2 Å². The second-order valence-corrected chi connectivity index (χ2v) is 5.76. The van der Waals surface area contributed by atoms with E-state index < -0.39 is 5.41 Å². The average molecular weight is 295 g/mol. The van der Waals surface area contributed by atoms with Crippen LogP contribution in [0.25, 0.3) is 0 Å². The normalized spacial score (nSPS) is 17.1. The zero-order chi connectivity index (χ0) is 15.5. The van der Waals surface area contributed by atoms with Gasteiger partial charge in [0.2, 0.25) is 0 Å². The first kappa shape index (κ1) is 15.8. The van der Waals surface area contributed by atoms with Crippen molar-refractivity contribution in [2.45, 2.75) is 25.7 Å². The zero-order valence-corrected chi connectivity index (χ0v) is 12.5. The predicted molar refractivity (Wildman–Crippen MR) is 77.5 cm³/mol. The fraction of sp³-hybridized carbons (Fsp3) is 0.562.